The number of unbranched alkanes of at least 4 members (excludes halogenated alkanes) is 1. The number of rotatable bonds is 9. The molecule has 0 unspecified atom stereocenters. The minimum Gasteiger partial charge on any atom is -0.481 e. The van der Waals surface area contributed by atoms with Gasteiger partial charge in [0.15, 0.2) is 0 Å². The summed E-state index contributed by atoms with van der Waals surface area (Å²) in [5.41, 5.74) is 4.11. The summed E-state index contributed by atoms with van der Waals surface area (Å²) in [4.78, 5) is 25.3. The van der Waals surface area contributed by atoms with Crippen LogP contribution < -0.4 is 5.69 Å². The van der Waals surface area contributed by atoms with Gasteiger partial charge in [0.25, 0.3) is 0 Å². The normalized spacial score (nSPS) is 11.2. The van der Waals surface area contributed by atoms with Gasteiger partial charge in [-0.25, -0.2) is 4.79 Å². The number of aromatic nitrogens is 2. The van der Waals surface area contributed by atoms with Crippen LogP contribution in [0.1, 0.15) is 35.3 Å². The maximum Gasteiger partial charge on any atom is 0.329 e. The van der Waals surface area contributed by atoms with Crippen molar-refractivity contribution in [2.24, 2.45) is 0 Å². The predicted octanol–water partition coefficient (Wildman–Crippen LogP) is 4.76. The number of benzene rings is 2. The zero-order valence-electron chi connectivity index (χ0n) is 16.7. The van der Waals surface area contributed by atoms with E-state index in [2.05, 4.69) is 5.38 Å². The van der Waals surface area contributed by atoms with Crippen molar-refractivity contribution >= 4 is 28.3 Å². The second kappa shape index (κ2) is 9.13. The van der Waals surface area contributed by atoms with Crippen molar-refractivity contribution in [1.82, 2.24) is 9.13 Å². The monoisotopic (exact) mass is 420 g/mol. The van der Waals surface area contributed by atoms with Crippen LogP contribution in [0.4, 0.5) is 0 Å². The van der Waals surface area contributed by atoms with Gasteiger partial charge in [0, 0.05) is 16.7 Å². The molecule has 4 rings (SSSR count). The number of aliphatic carboxylic acids is 1. The molecule has 0 bridgehead atoms. The molecular weight excluding hydrogens is 396 g/mol. The summed E-state index contributed by atoms with van der Waals surface area (Å²) in [6.45, 7) is 1.06. The molecule has 0 aliphatic heterocycles. The van der Waals surface area contributed by atoms with Gasteiger partial charge in [0.1, 0.15) is 0 Å². The van der Waals surface area contributed by atoms with E-state index in [9.17, 15) is 9.59 Å². The lowest BCUT2D eigenvalue weighted by Gasteiger charge is -2.06. The average molecular weight is 421 g/mol. The standard InChI is InChI=1S/C24H24N2O3S/c27-22(28)14-8-7-13-21-23-20(17-30-21)25(15-18-9-3-1-4-10-18)24(29)26(23)16-19-11-5-2-6-12-19/h1-6,9-12,17H,7-8,13-16H2,(H,27,28). The number of nitrogens with zero attached hydrogens (tertiary/aromatic N) is 2. The lowest BCUT2D eigenvalue weighted by molar-refractivity contribution is -0.137. The van der Waals surface area contributed by atoms with Gasteiger partial charge in [-0.3, -0.25) is 13.9 Å². The Kier molecular flexibility index (Phi) is 6.14. The Morgan fingerprint density at radius 3 is 2.07 bits per heavy atom. The Hall–Kier alpha value is -3.12. The van der Waals surface area contributed by atoms with Crippen molar-refractivity contribution in [3.63, 3.8) is 0 Å². The average Bonchev–Trinajstić information content (AvgIpc) is 3.27. The van der Waals surface area contributed by atoms with Gasteiger partial charge in [0.05, 0.1) is 24.1 Å². The number of fused-ring (bicyclic) bond motifs is 1. The first-order valence-electron chi connectivity index (χ1n) is 10.1. The zero-order valence-corrected chi connectivity index (χ0v) is 17.5. The Morgan fingerprint density at radius 2 is 1.47 bits per heavy atom. The molecule has 1 N–H and O–H groups in total. The molecule has 2 aromatic heterocycles. The summed E-state index contributed by atoms with van der Waals surface area (Å²) >= 11 is 1.66. The molecule has 0 radical (unpaired) electrons. The molecule has 0 saturated heterocycles. The molecule has 6 heteroatoms. The van der Waals surface area contributed by atoms with Crippen molar-refractivity contribution in [1.29, 1.82) is 0 Å². The first-order chi connectivity index (χ1) is 14.6. The Morgan fingerprint density at radius 1 is 0.867 bits per heavy atom. The van der Waals surface area contributed by atoms with E-state index < -0.39 is 5.97 Å². The minimum atomic E-state index is -0.763. The maximum atomic E-state index is 13.4. The van der Waals surface area contributed by atoms with Crippen molar-refractivity contribution in [3.8, 4) is 0 Å². The van der Waals surface area contributed by atoms with Crippen LogP contribution in [0.5, 0.6) is 0 Å². The quantitative estimate of drug-likeness (QED) is 0.397. The summed E-state index contributed by atoms with van der Waals surface area (Å²) < 4.78 is 3.72. The van der Waals surface area contributed by atoms with E-state index in [0.717, 1.165) is 39.9 Å². The molecule has 0 saturated carbocycles. The topological polar surface area (TPSA) is 64.2 Å². The van der Waals surface area contributed by atoms with Crippen LogP contribution in [0.3, 0.4) is 0 Å². The summed E-state index contributed by atoms with van der Waals surface area (Å²) in [5, 5.41) is 10.9. The number of hydrogen-bond donors (Lipinski definition) is 1. The molecule has 0 atom stereocenters. The van der Waals surface area contributed by atoms with Gasteiger partial charge in [-0.15, -0.1) is 11.3 Å². The fourth-order valence-corrected chi connectivity index (χ4v) is 4.86. The first-order valence-corrected chi connectivity index (χ1v) is 11.0. The Labute approximate surface area is 178 Å². The maximum absolute atomic E-state index is 13.4. The molecule has 154 valence electrons. The van der Waals surface area contributed by atoms with Crippen molar-refractivity contribution in [3.05, 3.63) is 92.5 Å². The van der Waals surface area contributed by atoms with Gasteiger partial charge in [-0.2, -0.15) is 0 Å². The van der Waals surface area contributed by atoms with E-state index in [1.807, 2.05) is 69.8 Å². The van der Waals surface area contributed by atoms with Crippen molar-refractivity contribution in [2.75, 3.05) is 0 Å². The van der Waals surface area contributed by atoms with Crippen molar-refractivity contribution < 1.29 is 9.90 Å². The fraction of sp³-hybridized carbons (Fsp3) is 0.250. The third-order valence-corrected chi connectivity index (χ3v) is 6.28. The molecule has 0 amide bonds. The van der Waals surface area contributed by atoms with E-state index in [4.69, 9.17) is 5.11 Å². The van der Waals surface area contributed by atoms with Crippen LogP contribution in [0.15, 0.2) is 70.8 Å². The molecule has 0 aliphatic carbocycles. The van der Waals surface area contributed by atoms with Gasteiger partial charge >= 0.3 is 11.7 Å². The summed E-state index contributed by atoms with van der Waals surface area (Å²) in [6.07, 6.45) is 2.40. The number of carboxylic acid groups (broad SMARTS) is 1. The number of carboxylic acids is 1. The second-order valence-electron chi connectivity index (χ2n) is 7.42. The highest BCUT2D eigenvalue weighted by molar-refractivity contribution is 7.11. The lowest BCUT2D eigenvalue weighted by Crippen LogP contribution is -2.25. The minimum absolute atomic E-state index is 0.00714. The largest absolute Gasteiger partial charge is 0.481 e. The van der Waals surface area contributed by atoms with Crippen LogP contribution in [-0.4, -0.2) is 20.2 Å². The number of thiophene rings is 1. The SMILES string of the molecule is O=C(O)CCCCc1scc2c1n(Cc1ccccc1)c(=O)n2Cc1ccccc1. The van der Waals surface area contributed by atoms with Crippen LogP contribution >= 0.6 is 11.3 Å². The molecule has 0 fully saturated rings. The molecule has 2 heterocycles. The summed E-state index contributed by atoms with van der Waals surface area (Å²) in [5.74, 6) is -0.763. The van der Waals surface area contributed by atoms with Gasteiger partial charge in [-0.05, 0) is 30.4 Å². The third-order valence-electron chi connectivity index (χ3n) is 5.25. The predicted molar refractivity (Wildman–Crippen MR) is 120 cm³/mol. The van der Waals surface area contributed by atoms with E-state index in [0.29, 0.717) is 19.5 Å². The summed E-state index contributed by atoms with van der Waals surface area (Å²) in [6, 6.07) is 20.0. The van der Waals surface area contributed by atoms with Crippen LogP contribution in [0.25, 0.3) is 11.0 Å². The van der Waals surface area contributed by atoms with Crippen molar-refractivity contribution in [2.45, 2.75) is 38.8 Å². The highest BCUT2D eigenvalue weighted by Gasteiger charge is 2.19. The number of aryl methyl sites for hydroxylation is 1. The van der Waals surface area contributed by atoms with E-state index >= 15 is 0 Å². The fourth-order valence-electron chi connectivity index (χ4n) is 3.78. The van der Waals surface area contributed by atoms with Crippen LogP contribution in [0, 0.1) is 0 Å². The van der Waals surface area contributed by atoms with E-state index in [1.54, 1.807) is 11.3 Å². The molecule has 0 aliphatic rings. The van der Waals surface area contributed by atoms with Gasteiger partial charge in [-0.1, -0.05) is 60.7 Å². The second-order valence-corrected chi connectivity index (χ2v) is 8.38. The van der Waals surface area contributed by atoms with Gasteiger partial charge < -0.3 is 5.11 Å². The highest BCUT2D eigenvalue weighted by Crippen LogP contribution is 2.28. The van der Waals surface area contributed by atoms with E-state index in [1.165, 1.54) is 0 Å². The number of hydrogen-bond acceptors (Lipinski definition) is 3. The molecule has 0 spiro atoms. The lowest BCUT2D eigenvalue weighted by atomic mass is 10.1. The smallest absolute Gasteiger partial charge is 0.329 e. The Balaban J connectivity index is 1.72. The Bertz CT molecular complexity index is 1190. The number of carbonyl (C=O) groups is 1. The van der Waals surface area contributed by atoms with Crippen LogP contribution in [0.2, 0.25) is 0 Å². The van der Waals surface area contributed by atoms with Gasteiger partial charge in [0.2, 0.25) is 0 Å². The molecule has 5 nitrogen and oxygen atoms in total. The number of imidazole rings is 1. The highest BCUT2D eigenvalue weighted by atomic mass is 32.1. The third kappa shape index (κ3) is 4.39. The zero-order chi connectivity index (χ0) is 20.9. The molecular formula is C24H24N2O3S. The molecule has 2 aromatic carbocycles. The van der Waals surface area contributed by atoms with E-state index in [-0.39, 0.29) is 12.1 Å². The first kappa shape index (κ1) is 20.2. The van der Waals surface area contributed by atoms with Crippen LogP contribution in [-0.2, 0) is 24.3 Å². The summed E-state index contributed by atoms with van der Waals surface area (Å²) in [7, 11) is 0. The molecule has 4 aromatic rings. The molecule has 30 heavy (non-hydrogen) atoms.